The van der Waals surface area contributed by atoms with Gasteiger partial charge in [-0.3, -0.25) is 24.3 Å². The number of aryl methyl sites for hydroxylation is 1. The zero-order valence-electron chi connectivity index (χ0n) is 19.7. The van der Waals surface area contributed by atoms with E-state index < -0.39 is 12.0 Å². The van der Waals surface area contributed by atoms with Crippen molar-refractivity contribution in [3.8, 4) is 0 Å². The van der Waals surface area contributed by atoms with Crippen molar-refractivity contribution in [3.05, 3.63) is 40.0 Å². The average molecular weight is 507 g/mol. The first-order valence-electron chi connectivity index (χ1n) is 11.4. The van der Waals surface area contributed by atoms with Crippen LogP contribution in [0.25, 0.3) is 0 Å². The molecule has 0 unspecified atom stereocenters. The number of methoxy groups -OCH3 is 1. The lowest BCUT2D eigenvalue weighted by molar-refractivity contribution is -0.141. The Labute approximate surface area is 209 Å². The van der Waals surface area contributed by atoms with Gasteiger partial charge in [0.25, 0.3) is 0 Å². The van der Waals surface area contributed by atoms with Crippen LogP contribution in [0.4, 0.5) is 10.7 Å². The van der Waals surface area contributed by atoms with Crippen LogP contribution in [0, 0.1) is 12.8 Å². The molecule has 0 aromatic carbocycles. The predicted octanol–water partition coefficient (Wildman–Crippen LogP) is 4.48. The van der Waals surface area contributed by atoms with Crippen molar-refractivity contribution >= 4 is 51.9 Å². The summed E-state index contributed by atoms with van der Waals surface area (Å²) in [5.41, 5.74) is 1.67. The lowest BCUT2D eigenvalue weighted by Gasteiger charge is -2.28. The molecule has 8 nitrogen and oxygen atoms in total. The lowest BCUT2D eigenvalue weighted by atomic mass is 9.97. The Bertz CT molecular complexity index is 1010. The van der Waals surface area contributed by atoms with Crippen LogP contribution in [-0.4, -0.2) is 43.0 Å². The van der Waals surface area contributed by atoms with Crippen molar-refractivity contribution in [2.75, 3.05) is 23.9 Å². The quantitative estimate of drug-likeness (QED) is 0.344. The van der Waals surface area contributed by atoms with E-state index in [1.165, 1.54) is 23.3 Å². The maximum absolute atomic E-state index is 13.0. The molecule has 1 saturated carbocycles. The number of ether oxygens (including phenoxy) is 1. The van der Waals surface area contributed by atoms with Crippen molar-refractivity contribution in [2.45, 2.75) is 58.0 Å². The molecule has 3 rings (SSSR count). The standard InChI is InChI=1S/C24H31ClN4O4S/c1-15-19(11-18(25)12-26-15)28-16(2)21-8-9-22(34-21)29(14-30)20(10-17-6-4-5-7-17)24(32)27-13-23(31)33-3/h8-9,11-12,14,16-17,20,28H,4-7,10,13H2,1-3H3,(H,27,32)/t16-,20-/m0/s1. The van der Waals surface area contributed by atoms with Crippen molar-refractivity contribution < 1.29 is 19.1 Å². The number of hydrogen-bond acceptors (Lipinski definition) is 7. The number of aromatic nitrogens is 1. The molecule has 0 aliphatic heterocycles. The number of carbonyl (C=O) groups is 3. The summed E-state index contributed by atoms with van der Waals surface area (Å²) in [4.78, 5) is 43.5. The number of pyridine rings is 1. The monoisotopic (exact) mass is 506 g/mol. The van der Waals surface area contributed by atoms with Gasteiger partial charge >= 0.3 is 5.97 Å². The number of thiophene rings is 1. The van der Waals surface area contributed by atoms with Crippen LogP contribution in [-0.2, 0) is 19.1 Å². The van der Waals surface area contributed by atoms with E-state index in [0.717, 1.165) is 41.9 Å². The van der Waals surface area contributed by atoms with E-state index in [1.807, 2.05) is 32.0 Å². The highest BCUT2D eigenvalue weighted by Crippen LogP contribution is 2.36. The van der Waals surface area contributed by atoms with Gasteiger partial charge in [-0.05, 0) is 44.4 Å². The Kier molecular flexibility index (Phi) is 9.29. The van der Waals surface area contributed by atoms with Crippen LogP contribution in [0.1, 0.15) is 55.6 Å². The molecule has 2 aromatic rings. The number of nitrogens with zero attached hydrogens (tertiary/aromatic N) is 2. The first-order chi connectivity index (χ1) is 16.3. The molecule has 2 N–H and O–H groups in total. The van der Waals surface area contributed by atoms with E-state index in [1.54, 1.807) is 6.20 Å². The Morgan fingerprint density at radius 3 is 2.76 bits per heavy atom. The zero-order chi connectivity index (χ0) is 24.7. The number of anilines is 2. The number of nitrogens with one attached hydrogen (secondary N) is 2. The van der Waals surface area contributed by atoms with E-state index in [0.29, 0.717) is 28.8 Å². The normalized spacial score (nSPS) is 15.4. The molecule has 184 valence electrons. The van der Waals surface area contributed by atoms with Crippen molar-refractivity contribution in [1.82, 2.24) is 10.3 Å². The van der Waals surface area contributed by atoms with Crippen LogP contribution in [0.3, 0.4) is 0 Å². The third-order valence-electron chi connectivity index (χ3n) is 6.14. The van der Waals surface area contributed by atoms with E-state index >= 15 is 0 Å². The average Bonchev–Trinajstić information content (AvgIpc) is 3.52. The molecule has 10 heteroatoms. The van der Waals surface area contributed by atoms with E-state index in [2.05, 4.69) is 20.4 Å². The summed E-state index contributed by atoms with van der Waals surface area (Å²) < 4.78 is 4.63. The second kappa shape index (κ2) is 12.2. The fraction of sp³-hybridized carbons (Fsp3) is 0.500. The Morgan fingerprint density at radius 1 is 1.35 bits per heavy atom. The number of rotatable bonds is 11. The van der Waals surface area contributed by atoms with Gasteiger partial charge in [0, 0.05) is 11.1 Å². The van der Waals surface area contributed by atoms with Gasteiger partial charge in [-0.1, -0.05) is 37.3 Å². The summed E-state index contributed by atoms with van der Waals surface area (Å²) in [6, 6.07) is 4.87. The highest BCUT2D eigenvalue weighted by molar-refractivity contribution is 7.16. The van der Waals surface area contributed by atoms with Gasteiger partial charge in [0.15, 0.2) is 0 Å². The van der Waals surface area contributed by atoms with Crippen LogP contribution in [0.2, 0.25) is 5.02 Å². The van der Waals surface area contributed by atoms with Crippen LogP contribution < -0.4 is 15.5 Å². The van der Waals surface area contributed by atoms with Crippen molar-refractivity contribution in [2.24, 2.45) is 5.92 Å². The lowest BCUT2D eigenvalue weighted by Crippen LogP contribution is -2.48. The number of carbonyl (C=O) groups excluding carboxylic acids is 3. The molecule has 1 fully saturated rings. The first kappa shape index (κ1) is 26.0. The minimum absolute atomic E-state index is 0.0624. The maximum atomic E-state index is 13.0. The largest absolute Gasteiger partial charge is 0.468 e. The number of amides is 2. The van der Waals surface area contributed by atoms with Crippen LogP contribution in [0.15, 0.2) is 24.4 Å². The van der Waals surface area contributed by atoms with Gasteiger partial charge in [-0.2, -0.15) is 0 Å². The molecule has 1 aliphatic carbocycles. The number of hydrogen-bond donors (Lipinski definition) is 2. The summed E-state index contributed by atoms with van der Waals surface area (Å²) in [6.07, 6.45) is 7.21. The van der Waals surface area contributed by atoms with E-state index in [9.17, 15) is 14.4 Å². The maximum Gasteiger partial charge on any atom is 0.325 e. The second-order valence-electron chi connectivity index (χ2n) is 8.54. The molecule has 0 radical (unpaired) electrons. The fourth-order valence-corrected chi connectivity index (χ4v) is 5.39. The molecule has 0 bridgehead atoms. The summed E-state index contributed by atoms with van der Waals surface area (Å²) in [5.74, 6) is -0.518. The SMILES string of the molecule is COC(=O)CNC(=O)[C@H](CC1CCCC1)N(C=O)c1ccc([C@H](C)Nc2cc(Cl)cnc2C)s1. The van der Waals surface area contributed by atoms with Gasteiger partial charge in [-0.25, -0.2) is 0 Å². The third kappa shape index (κ3) is 6.70. The van der Waals surface area contributed by atoms with Gasteiger partial charge < -0.3 is 15.4 Å². The van der Waals surface area contributed by atoms with Gasteiger partial charge in [0.05, 0.1) is 34.6 Å². The van der Waals surface area contributed by atoms with Gasteiger partial charge in [-0.15, -0.1) is 11.3 Å². The van der Waals surface area contributed by atoms with Crippen molar-refractivity contribution in [1.29, 1.82) is 0 Å². The topological polar surface area (TPSA) is 101 Å². The van der Waals surface area contributed by atoms with Gasteiger partial charge in [0.1, 0.15) is 12.6 Å². The fourth-order valence-electron chi connectivity index (χ4n) is 4.21. The van der Waals surface area contributed by atoms with E-state index in [4.69, 9.17) is 11.6 Å². The first-order valence-corrected chi connectivity index (χ1v) is 12.6. The van der Waals surface area contributed by atoms with Crippen molar-refractivity contribution in [3.63, 3.8) is 0 Å². The summed E-state index contributed by atoms with van der Waals surface area (Å²) in [7, 11) is 1.27. The highest BCUT2D eigenvalue weighted by atomic mass is 35.5. The third-order valence-corrected chi connectivity index (χ3v) is 7.63. The number of esters is 1. The van der Waals surface area contributed by atoms with Crippen LogP contribution >= 0.6 is 22.9 Å². The van der Waals surface area contributed by atoms with E-state index in [-0.39, 0.29) is 18.5 Å². The summed E-state index contributed by atoms with van der Waals surface area (Å²) >= 11 is 7.53. The second-order valence-corrected chi connectivity index (χ2v) is 10.1. The predicted molar refractivity (Wildman–Crippen MR) is 134 cm³/mol. The molecule has 0 spiro atoms. The van der Waals surface area contributed by atoms with Gasteiger partial charge in [0.2, 0.25) is 12.3 Å². The minimum Gasteiger partial charge on any atom is -0.468 e. The molecule has 2 aromatic heterocycles. The molecule has 2 amide bonds. The zero-order valence-corrected chi connectivity index (χ0v) is 21.2. The Balaban J connectivity index is 1.78. The summed E-state index contributed by atoms with van der Waals surface area (Å²) in [6.45, 7) is 3.69. The number of halogens is 1. The molecule has 2 atom stereocenters. The molecular formula is C24H31ClN4O4S. The summed E-state index contributed by atoms with van der Waals surface area (Å²) in [5, 5.41) is 7.26. The van der Waals surface area contributed by atoms with Crippen LogP contribution in [0.5, 0.6) is 0 Å². The molecule has 2 heterocycles. The molecule has 1 aliphatic rings. The Morgan fingerprint density at radius 2 is 2.09 bits per heavy atom. The smallest absolute Gasteiger partial charge is 0.325 e. The highest BCUT2D eigenvalue weighted by Gasteiger charge is 2.31. The molecule has 0 saturated heterocycles. The molecular weight excluding hydrogens is 476 g/mol. The Hall–Kier alpha value is -2.65. The minimum atomic E-state index is -0.695. The molecule has 34 heavy (non-hydrogen) atoms.